The number of unbranched alkanes of at least 4 members (excludes halogenated alkanes) is 2. The number of hydrogen-bond acceptors (Lipinski definition) is 5. The minimum Gasteiger partial charge on any atom is -0.497 e. The molecular weight excluding hydrogens is 470 g/mol. The van der Waals surface area contributed by atoms with Crippen molar-refractivity contribution in [3.63, 3.8) is 0 Å². The Balaban J connectivity index is 1.73. The van der Waals surface area contributed by atoms with Crippen molar-refractivity contribution < 1.29 is 23.9 Å². The molecule has 1 atom stereocenters. The summed E-state index contributed by atoms with van der Waals surface area (Å²) in [5.74, 6) is 0.116. The first-order valence-corrected chi connectivity index (χ1v) is 12.5. The van der Waals surface area contributed by atoms with Gasteiger partial charge >= 0.3 is 0 Å². The monoisotopic (exact) mass is 505 g/mol. The van der Waals surface area contributed by atoms with E-state index < -0.39 is 6.04 Å². The second-order valence-corrected chi connectivity index (χ2v) is 9.36. The van der Waals surface area contributed by atoms with Crippen molar-refractivity contribution in [3.8, 4) is 5.75 Å². The molecule has 2 amide bonds. The zero-order valence-corrected chi connectivity index (χ0v) is 21.9. The predicted octanol–water partition coefficient (Wildman–Crippen LogP) is 4.89. The average Bonchev–Trinajstić information content (AvgIpc) is 3.16. The molecule has 3 rings (SSSR count). The molecule has 0 aliphatic heterocycles. The summed E-state index contributed by atoms with van der Waals surface area (Å²) >= 11 is 0. The van der Waals surface area contributed by atoms with Gasteiger partial charge < -0.3 is 25.1 Å². The number of ketones is 2. The molecule has 1 heterocycles. The Hall–Kier alpha value is -3.94. The maximum atomic E-state index is 13.2. The van der Waals surface area contributed by atoms with Gasteiger partial charge in [0.2, 0.25) is 11.8 Å². The largest absolute Gasteiger partial charge is 0.497 e. The zero-order chi connectivity index (χ0) is 26.9. The van der Waals surface area contributed by atoms with Gasteiger partial charge in [-0.15, -0.1) is 0 Å². The first-order valence-electron chi connectivity index (χ1n) is 12.5. The lowest BCUT2D eigenvalue weighted by Gasteiger charge is -2.19. The highest BCUT2D eigenvalue weighted by molar-refractivity contribution is 6.00. The Morgan fingerprint density at radius 2 is 1.78 bits per heavy atom. The van der Waals surface area contributed by atoms with Gasteiger partial charge in [0, 0.05) is 34.3 Å². The van der Waals surface area contributed by atoms with Crippen LogP contribution in [0.5, 0.6) is 5.75 Å². The molecular formula is C29H35N3O5. The topological polar surface area (TPSA) is 117 Å². The number of benzene rings is 2. The number of aromatic nitrogens is 1. The van der Waals surface area contributed by atoms with Crippen LogP contribution < -0.4 is 15.4 Å². The highest BCUT2D eigenvalue weighted by Crippen LogP contribution is 2.27. The van der Waals surface area contributed by atoms with Crippen molar-refractivity contribution in [2.45, 2.75) is 65.3 Å². The number of Topliss-reactive ketones (excluding diaryl/α,β-unsaturated/α-hetero) is 2. The number of carbonyl (C=O) groups is 4. The summed E-state index contributed by atoms with van der Waals surface area (Å²) in [5.41, 5.74) is 3.62. The molecule has 2 aromatic carbocycles. The van der Waals surface area contributed by atoms with Crippen molar-refractivity contribution in [2.24, 2.45) is 0 Å². The lowest BCUT2D eigenvalue weighted by Crippen LogP contribution is -2.44. The predicted molar refractivity (Wildman–Crippen MR) is 144 cm³/mol. The number of ether oxygens (including phenoxy) is 1. The molecule has 1 unspecified atom stereocenters. The van der Waals surface area contributed by atoms with E-state index >= 15 is 0 Å². The van der Waals surface area contributed by atoms with E-state index in [-0.39, 0.29) is 29.8 Å². The van der Waals surface area contributed by atoms with Crippen molar-refractivity contribution in [1.82, 2.24) is 10.3 Å². The van der Waals surface area contributed by atoms with E-state index in [0.717, 1.165) is 35.0 Å². The van der Waals surface area contributed by atoms with Crippen LogP contribution >= 0.6 is 0 Å². The smallest absolute Gasteiger partial charge is 0.246 e. The third kappa shape index (κ3) is 7.77. The third-order valence-electron chi connectivity index (χ3n) is 6.37. The number of nitrogens with one attached hydrogen (secondary N) is 3. The molecule has 0 aliphatic rings. The lowest BCUT2D eigenvalue weighted by molar-refractivity contribution is -0.126. The molecule has 8 heteroatoms. The molecule has 3 N–H and O–H groups in total. The van der Waals surface area contributed by atoms with Gasteiger partial charge in [-0.25, -0.2) is 0 Å². The summed E-state index contributed by atoms with van der Waals surface area (Å²) in [6, 6.07) is 11.6. The van der Waals surface area contributed by atoms with Gasteiger partial charge in [-0.1, -0.05) is 25.0 Å². The van der Waals surface area contributed by atoms with Crippen LogP contribution in [0.2, 0.25) is 0 Å². The van der Waals surface area contributed by atoms with Crippen LogP contribution in [0, 0.1) is 6.92 Å². The maximum Gasteiger partial charge on any atom is 0.246 e. The number of methoxy groups -OCH3 is 1. The van der Waals surface area contributed by atoms with Gasteiger partial charge in [0.1, 0.15) is 17.6 Å². The highest BCUT2D eigenvalue weighted by Gasteiger charge is 2.22. The SMILES string of the molecule is COc1ccc2[nH]c(C)c(CC(=O)NC(CCCCCC(C)=O)C(=O)Nc3cccc(C(C)=O)c3)c2c1. The van der Waals surface area contributed by atoms with E-state index in [0.29, 0.717) is 36.3 Å². The fourth-order valence-corrected chi connectivity index (χ4v) is 4.34. The zero-order valence-electron chi connectivity index (χ0n) is 21.9. The number of aromatic amines is 1. The number of rotatable bonds is 13. The summed E-state index contributed by atoms with van der Waals surface area (Å²) in [4.78, 5) is 52.5. The quantitative estimate of drug-likeness (QED) is 0.226. The van der Waals surface area contributed by atoms with Gasteiger partial charge in [0.25, 0.3) is 0 Å². The van der Waals surface area contributed by atoms with Gasteiger partial charge in [-0.05, 0) is 69.5 Å². The molecule has 0 saturated carbocycles. The molecule has 8 nitrogen and oxygen atoms in total. The minimum atomic E-state index is -0.758. The number of amides is 2. The first-order chi connectivity index (χ1) is 17.7. The molecule has 37 heavy (non-hydrogen) atoms. The molecule has 1 aromatic heterocycles. The Kier molecular flexibility index (Phi) is 9.60. The molecule has 0 saturated heterocycles. The Morgan fingerprint density at radius 3 is 2.49 bits per heavy atom. The van der Waals surface area contributed by atoms with Crippen LogP contribution in [0.15, 0.2) is 42.5 Å². The van der Waals surface area contributed by atoms with Crippen molar-refractivity contribution in [1.29, 1.82) is 0 Å². The van der Waals surface area contributed by atoms with Crippen molar-refractivity contribution >= 4 is 40.0 Å². The van der Waals surface area contributed by atoms with Crippen molar-refractivity contribution in [2.75, 3.05) is 12.4 Å². The maximum absolute atomic E-state index is 13.2. The summed E-state index contributed by atoms with van der Waals surface area (Å²) < 4.78 is 5.34. The molecule has 0 fully saturated rings. The van der Waals surface area contributed by atoms with Gasteiger partial charge in [0.05, 0.1) is 13.5 Å². The van der Waals surface area contributed by atoms with E-state index in [4.69, 9.17) is 4.74 Å². The second-order valence-electron chi connectivity index (χ2n) is 9.36. The third-order valence-corrected chi connectivity index (χ3v) is 6.37. The van der Waals surface area contributed by atoms with Crippen molar-refractivity contribution in [3.05, 3.63) is 59.3 Å². The van der Waals surface area contributed by atoms with Crippen LogP contribution in [0.1, 0.15) is 67.6 Å². The molecule has 0 bridgehead atoms. The van der Waals surface area contributed by atoms with E-state index in [1.807, 2.05) is 25.1 Å². The number of anilines is 1. The summed E-state index contributed by atoms with van der Waals surface area (Å²) in [7, 11) is 1.60. The Morgan fingerprint density at radius 1 is 1.00 bits per heavy atom. The summed E-state index contributed by atoms with van der Waals surface area (Å²) in [6.45, 7) is 4.94. The number of carbonyl (C=O) groups excluding carboxylic acids is 4. The van der Waals surface area contributed by atoms with Crippen LogP contribution in [0.4, 0.5) is 5.69 Å². The Labute approximate surface area is 217 Å². The van der Waals surface area contributed by atoms with E-state index in [1.165, 1.54) is 6.92 Å². The van der Waals surface area contributed by atoms with Gasteiger partial charge in [-0.2, -0.15) is 0 Å². The van der Waals surface area contributed by atoms with E-state index in [1.54, 1.807) is 38.3 Å². The summed E-state index contributed by atoms with van der Waals surface area (Å²) in [6.07, 6.45) is 3.25. The normalized spacial score (nSPS) is 11.7. The van der Waals surface area contributed by atoms with Gasteiger partial charge in [0.15, 0.2) is 5.78 Å². The first kappa shape index (κ1) is 27.6. The minimum absolute atomic E-state index is 0.0999. The van der Waals surface area contributed by atoms with Crippen LogP contribution in [0.3, 0.4) is 0 Å². The fourth-order valence-electron chi connectivity index (χ4n) is 4.34. The van der Waals surface area contributed by atoms with Crippen LogP contribution in [-0.4, -0.2) is 41.5 Å². The second kappa shape index (κ2) is 12.9. The molecule has 0 aliphatic carbocycles. The molecule has 0 spiro atoms. The summed E-state index contributed by atoms with van der Waals surface area (Å²) in [5, 5.41) is 6.64. The van der Waals surface area contributed by atoms with Crippen LogP contribution in [-0.2, 0) is 20.8 Å². The number of aryl methyl sites for hydroxylation is 1. The molecule has 0 radical (unpaired) electrons. The fraction of sp³-hybridized carbons (Fsp3) is 0.379. The number of fused-ring (bicyclic) bond motifs is 1. The molecule has 3 aromatic rings. The number of H-pyrrole nitrogens is 1. The van der Waals surface area contributed by atoms with Crippen LogP contribution in [0.25, 0.3) is 10.9 Å². The Bertz CT molecular complexity index is 1290. The average molecular weight is 506 g/mol. The lowest BCUT2D eigenvalue weighted by atomic mass is 10.0. The van der Waals surface area contributed by atoms with E-state index in [2.05, 4.69) is 15.6 Å². The van der Waals surface area contributed by atoms with E-state index in [9.17, 15) is 19.2 Å². The number of hydrogen-bond donors (Lipinski definition) is 3. The highest BCUT2D eigenvalue weighted by atomic mass is 16.5. The standard InChI is InChI=1S/C29H35N3O5/c1-18(33)9-6-5-7-12-27(29(36)31-22-11-8-10-21(15-22)20(3)34)32-28(35)17-24-19(2)30-26-14-13-23(37-4)16-25(24)26/h8,10-11,13-16,27,30H,5-7,9,12,17H2,1-4H3,(H,31,36)(H,32,35). The molecule has 196 valence electrons. The van der Waals surface area contributed by atoms with Gasteiger partial charge in [-0.3, -0.25) is 14.4 Å².